The Hall–Kier alpha value is -2.02. The molecule has 1 aromatic heterocycles. The molecule has 0 radical (unpaired) electrons. The van der Waals surface area contributed by atoms with E-state index >= 15 is 0 Å². The van der Waals surface area contributed by atoms with E-state index in [1.165, 1.54) is 0 Å². The number of carbonyl (C=O) groups is 1. The van der Waals surface area contributed by atoms with E-state index in [9.17, 15) is 4.79 Å². The molecule has 1 aliphatic rings. The number of anilines is 2. The van der Waals surface area contributed by atoms with Gasteiger partial charge in [-0.15, -0.1) is 0 Å². The van der Waals surface area contributed by atoms with Crippen molar-refractivity contribution in [1.82, 2.24) is 10.3 Å². The molecule has 2 N–H and O–H groups in total. The summed E-state index contributed by atoms with van der Waals surface area (Å²) in [7, 11) is 0. The largest absolute Gasteiger partial charge is 0.378 e. The minimum atomic E-state index is -0.330. The summed E-state index contributed by atoms with van der Waals surface area (Å²) >= 11 is 11.8. The Balaban J connectivity index is 1.56. The summed E-state index contributed by atoms with van der Waals surface area (Å²) in [6, 6.07) is 8.40. The Morgan fingerprint density at radius 1 is 1.16 bits per heavy atom. The lowest BCUT2D eigenvalue weighted by Gasteiger charge is -2.28. The van der Waals surface area contributed by atoms with E-state index in [0.717, 1.165) is 24.5 Å². The normalized spacial score (nSPS) is 14.2. The van der Waals surface area contributed by atoms with E-state index in [0.29, 0.717) is 35.5 Å². The van der Waals surface area contributed by atoms with E-state index in [1.54, 1.807) is 24.4 Å². The van der Waals surface area contributed by atoms with Crippen molar-refractivity contribution in [2.75, 3.05) is 36.5 Å². The molecule has 0 saturated carbocycles. The average molecular weight is 381 g/mol. The third kappa shape index (κ3) is 5.22. The number of aromatic nitrogens is 1. The highest BCUT2D eigenvalue weighted by atomic mass is 35.5. The van der Waals surface area contributed by atoms with Gasteiger partial charge in [0.05, 0.1) is 13.2 Å². The predicted molar refractivity (Wildman–Crippen MR) is 99.6 cm³/mol. The molecule has 0 aliphatic carbocycles. The zero-order valence-corrected chi connectivity index (χ0v) is 15.0. The first-order valence-corrected chi connectivity index (χ1v) is 8.64. The molecule has 2 heterocycles. The summed E-state index contributed by atoms with van der Waals surface area (Å²) in [5.41, 5.74) is 1.51. The van der Waals surface area contributed by atoms with Gasteiger partial charge < -0.3 is 20.3 Å². The molecule has 1 fully saturated rings. The summed E-state index contributed by atoms with van der Waals surface area (Å²) in [6.45, 7) is 3.43. The van der Waals surface area contributed by atoms with Crippen LogP contribution in [0, 0.1) is 0 Å². The lowest BCUT2D eigenvalue weighted by atomic mass is 10.2. The fraction of sp³-hybridized carbons (Fsp3) is 0.294. The molecule has 132 valence electrons. The SMILES string of the molecule is O=C(NCc1ccnc(N2CCOCC2)c1)Nc1cc(Cl)cc(Cl)c1. The smallest absolute Gasteiger partial charge is 0.319 e. The van der Waals surface area contributed by atoms with Crippen LogP contribution in [-0.2, 0) is 11.3 Å². The summed E-state index contributed by atoms with van der Waals surface area (Å²) < 4.78 is 5.35. The van der Waals surface area contributed by atoms with Gasteiger partial charge in [0.25, 0.3) is 0 Å². The zero-order chi connectivity index (χ0) is 17.6. The summed E-state index contributed by atoms with van der Waals surface area (Å²) in [6.07, 6.45) is 1.75. The molecule has 0 atom stereocenters. The Labute approximate surface area is 156 Å². The van der Waals surface area contributed by atoms with Crippen LogP contribution in [0.5, 0.6) is 0 Å². The quantitative estimate of drug-likeness (QED) is 0.850. The minimum absolute atomic E-state index is 0.330. The minimum Gasteiger partial charge on any atom is -0.378 e. The number of morpholine rings is 1. The first kappa shape index (κ1) is 17.8. The Morgan fingerprint density at radius 2 is 1.88 bits per heavy atom. The maximum absolute atomic E-state index is 12.0. The number of benzene rings is 1. The van der Waals surface area contributed by atoms with Gasteiger partial charge in [0, 0.05) is 41.6 Å². The standard InChI is InChI=1S/C17H18Cl2N4O2/c18-13-8-14(19)10-15(9-13)22-17(24)21-11-12-1-2-20-16(7-12)23-3-5-25-6-4-23/h1-2,7-10H,3-6,11H2,(H2,21,22,24). The molecule has 25 heavy (non-hydrogen) atoms. The molecule has 0 unspecified atom stereocenters. The van der Waals surface area contributed by atoms with Gasteiger partial charge >= 0.3 is 6.03 Å². The van der Waals surface area contributed by atoms with Crippen molar-refractivity contribution in [3.63, 3.8) is 0 Å². The lowest BCUT2D eigenvalue weighted by Crippen LogP contribution is -2.36. The molecule has 2 amide bonds. The predicted octanol–water partition coefficient (Wildman–Crippen LogP) is 3.55. The highest BCUT2D eigenvalue weighted by molar-refractivity contribution is 6.35. The van der Waals surface area contributed by atoms with Crippen molar-refractivity contribution in [1.29, 1.82) is 0 Å². The number of rotatable bonds is 4. The van der Waals surface area contributed by atoms with E-state index in [4.69, 9.17) is 27.9 Å². The number of hydrogen-bond donors (Lipinski definition) is 2. The van der Waals surface area contributed by atoms with Crippen molar-refractivity contribution in [3.05, 3.63) is 52.1 Å². The number of nitrogens with one attached hydrogen (secondary N) is 2. The third-order valence-electron chi connectivity index (χ3n) is 3.72. The third-order valence-corrected chi connectivity index (χ3v) is 4.15. The molecule has 1 saturated heterocycles. The number of hydrogen-bond acceptors (Lipinski definition) is 4. The molecule has 6 nitrogen and oxygen atoms in total. The number of carbonyl (C=O) groups excluding carboxylic acids is 1. The maximum Gasteiger partial charge on any atom is 0.319 e. The van der Waals surface area contributed by atoms with Gasteiger partial charge in [-0.25, -0.2) is 9.78 Å². The molecule has 1 aromatic carbocycles. The van der Waals surface area contributed by atoms with Gasteiger partial charge in [-0.1, -0.05) is 23.2 Å². The van der Waals surface area contributed by atoms with Crippen LogP contribution in [0.4, 0.5) is 16.3 Å². The summed E-state index contributed by atoms with van der Waals surface area (Å²) in [5, 5.41) is 6.45. The van der Waals surface area contributed by atoms with Crippen LogP contribution in [0.1, 0.15) is 5.56 Å². The Bertz CT molecular complexity index is 731. The fourth-order valence-corrected chi connectivity index (χ4v) is 3.05. The van der Waals surface area contributed by atoms with Crippen molar-refractivity contribution in [2.45, 2.75) is 6.54 Å². The van der Waals surface area contributed by atoms with Gasteiger partial charge in [-0.05, 0) is 35.9 Å². The molecule has 2 aromatic rings. The summed E-state index contributed by atoms with van der Waals surface area (Å²) in [5.74, 6) is 0.893. The number of urea groups is 1. The van der Waals surface area contributed by atoms with Crippen LogP contribution in [0.2, 0.25) is 10.0 Å². The molecular weight excluding hydrogens is 363 g/mol. The fourth-order valence-electron chi connectivity index (χ4n) is 2.52. The molecule has 3 rings (SSSR count). The second-order valence-corrected chi connectivity index (χ2v) is 6.46. The van der Waals surface area contributed by atoms with Crippen molar-refractivity contribution < 1.29 is 9.53 Å². The highest BCUT2D eigenvalue weighted by Gasteiger charge is 2.12. The van der Waals surface area contributed by atoms with E-state index in [2.05, 4.69) is 20.5 Å². The van der Waals surface area contributed by atoms with Crippen LogP contribution >= 0.6 is 23.2 Å². The molecule has 8 heteroatoms. The van der Waals surface area contributed by atoms with E-state index in [-0.39, 0.29) is 6.03 Å². The molecule has 0 bridgehead atoms. The lowest BCUT2D eigenvalue weighted by molar-refractivity contribution is 0.122. The van der Waals surface area contributed by atoms with E-state index in [1.807, 2.05) is 12.1 Å². The second kappa shape index (κ2) is 8.38. The van der Waals surface area contributed by atoms with Gasteiger partial charge in [0.2, 0.25) is 0 Å². The monoisotopic (exact) mass is 380 g/mol. The first-order chi connectivity index (χ1) is 12.1. The van der Waals surface area contributed by atoms with Crippen LogP contribution in [-0.4, -0.2) is 37.3 Å². The topological polar surface area (TPSA) is 66.5 Å². The molecule has 1 aliphatic heterocycles. The summed E-state index contributed by atoms with van der Waals surface area (Å²) in [4.78, 5) is 18.6. The van der Waals surface area contributed by atoms with Crippen molar-refractivity contribution in [3.8, 4) is 0 Å². The number of amides is 2. The molecular formula is C17H18Cl2N4O2. The number of pyridine rings is 1. The van der Waals surface area contributed by atoms with Crippen molar-refractivity contribution in [2.24, 2.45) is 0 Å². The highest BCUT2D eigenvalue weighted by Crippen LogP contribution is 2.22. The number of nitrogens with zero attached hydrogens (tertiary/aromatic N) is 2. The Morgan fingerprint density at radius 3 is 2.60 bits per heavy atom. The van der Waals surface area contributed by atoms with E-state index < -0.39 is 0 Å². The van der Waals surface area contributed by atoms with Crippen LogP contribution in [0.3, 0.4) is 0 Å². The van der Waals surface area contributed by atoms with Crippen LogP contribution in [0.15, 0.2) is 36.5 Å². The maximum atomic E-state index is 12.0. The van der Waals surface area contributed by atoms with Crippen LogP contribution in [0.25, 0.3) is 0 Å². The van der Waals surface area contributed by atoms with Crippen LogP contribution < -0.4 is 15.5 Å². The van der Waals surface area contributed by atoms with Gasteiger partial charge in [0.15, 0.2) is 0 Å². The number of ether oxygens (including phenoxy) is 1. The Kier molecular flexibility index (Phi) is 5.96. The second-order valence-electron chi connectivity index (χ2n) is 5.59. The number of halogens is 2. The van der Waals surface area contributed by atoms with Gasteiger partial charge in [-0.2, -0.15) is 0 Å². The first-order valence-electron chi connectivity index (χ1n) is 7.89. The van der Waals surface area contributed by atoms with Gasteiger partial charge in [-0.3, -0.25) is 0 Å². The average Bonchev–Trinajstić information content (AvgIpc) is 2.60. The van der Waals surface area contributed by atoms with Crippen molar-refractivity contribution >= 4 is 40.7 Å². The molecule has 0 spiro atoms. The zero-order valence-electron chi connectivity index (χ0n) is 13.5. The van der Waals surface area contributed by atoms with Gasteiger partial charge in [0.1, 0.15) is 5.82 Å².